The first-order valence-corrected chi connectivity index (χ1v) is 6.53. The molecule has 0 aliphatic rings. The molecule has 0 spiro atoms. The Bertz CT molecular complexity index is 585. The summed E-state index contributed by atoms with van der Waals surface area (Å²) in [5, 5.41) is 10.7. The van der Waals surface area contributed by atoms with Gasteiger partial charge >= 0.3 is 0 Å². The van der Waals surface area contributed by atoms with E-state index in [1.165, 1.54) is 30.0 Å². The third kappa shape index (κ3) is 2.73. The van der Waals surface area contributed by atoms with Gasteiger partial charge in [-0.2, -0.15) is 5.26 Å². The van der Waals surface area contributed by atoms with E-state index in [2.05, 4.69) is 11.1 Å². The Morgan fingerprint density at radius 1 is 1.53 bits per heavy atom. The lowest BCUT2D eigenvalue weighted by atomic mass is 10.1. The van der Waals surface area contributed by atoms with Gasteiger partial charge in [-0.15, -0.1) is 11.3 Å². The minimum atomic E-state index is -0.00598. The normalized spacial score (nSPS) is 9.88. The van der Waals surface area contributed by atoms with Gasteiger partial charge in [-0.25, -0.2) is 4.98 Å². The number of hydrogen-bond acceptors (Lipinski definition) is 5. The molecule has 17 heavy (non-hydrogen) atoms. The molecule has 0 N–H and O–H groups in total. The van der Waals surface area contributed by atoms with Gasteiger partial charge in [0.05, 0.1) is 11.6 Å². The molecule has 0 aliphatic carbocycles. The highest BCUT2D eigenvalue weighted by Crippen LogP contribution is 2.32. The van der Waals surface area contributed by atoms with Crippen molar-refractivity contribution in [3.63, 3.8) is 0 Å². The highest BCUT2D eigenvalue weighted by atomic mass is 32.2. The van der Waals surface area contributed by atoms with E-state index in [4.69, 9.17) is 5.26 Å². The molecule has 2 rings (SSSR count). The molecule has 0 aliphatic heterocycles. The van der Waals surface area contributed by atoms with Gasteiger partial charge in [0.15, 0.2) is 10.1 Å². The molecule has 0 unspecified atom stereocenters. The fourth-order valence-corrected chi connectivity index (χ4v) is 3.12. The second-order valence-corrected chi connectivity index (χ2v) is 5.46. The lowest BCUT2D eigenvalue weighted by molar-refractivity contribution is 0.101. The van der Waals surface area contributed by atoms with Crippen LogP contribution in [0.3, 0.4) is 0 Å². The van der Waals surface area contributed by atoms with Crippen molar-refractivity contribution in [2.24, 2.45) is 0 Å². The molecule has 0 saturated carbocycles. The lowest BCUT2D eigenvalue weighted by Crippen LogP contribution is -1.95. The van der Waals surface area contributed by atoms with Crippen LogP contribution in [0.5, 0.6) is 0 Å². The SMILES string of the molecule is CC(=O)c1ccc(C#N)cc1Sc1nccs1. The number of Topliss-reactive ketones (excluding diaryl/α,β-unsaturated/α-hetero) is 1. The number of nitrogens with zero attached hydrogens (tertiary/aromatic N) is 2. The van der Waals surface area contributed by atoms with Crippen LogP contribution < -0.4 is 0 Å². The highest BCUT2D eigenvalue weighted by molar-refractivity contribution is 8.01. The van der Waals surface area contributed by atoms with E-state index in [0.29, 0.717) is 11.1 Å². The van der Waals surface area contributed by atoms with Crippen LogP contribution in [-0.2, 0) is 0 Å². The van der Waals surface area contributed by atoms with Crippen molar-refractivity contribution < 1.29 is 4.79 Å². The predicted octanol–water partition coefficient (Wildman–Crippen LogP) is 3.37. The molecule has 0 atom stereocenters. The Hall–Kier alpha value is -1.64. The molecule has 1 aromatic carbocycles. The van der Waals surface area contributed by atoms with Crippen molar-refractivity contribution in [1.29, 1.82) is 5.26 Å². The summed E-state index contributed by atoms with van der Waals surface area (Å²) in [6.45, 7) is 1.52. The minimum absolute atomic E-state index is 0.00598. The maximum atomic E-state index is 11.5. The Labute approximate surface area is 107 Å². The van der Waals surface area contributed by atoms with Gasteiger partial charge in [0.1, 0.15) is 0 Å². The van der Waals surface area contributed by atoms with Crippen LogP contribution in [0.15, 0.2) is 39.0 Å². The quantitative estimate of drug-likeness (QED) is 0.794. The third-order valence-corrected chi connectivity index (χ3v) is 4.04. The van der Waals surface area contributed by atoms with Crippen LogP contribution >= 0.6 is 23.1 Å². The highest BCUT2D eigenvalue weighted by Gasteiger charge is 2.10. The molecule has 0 saturated heterocycles. The zero-order valence-electron chi connectivity index (χ0n) is 9.01. The predicted molar refractivity (Wildman–Crippen MR) is 67.4 cm³/mol. The number of aromatic nitrogens is 1. The van der Waals surface area contributed by atoms with Gasteiger partial charge in [0.25, 0.3) is 0 Å². The molecule has 0 amide bonds. The monoisotopic (exact) mass is 260 g/mol. The number of hydrogen-bond donors (Lipinski definition) is 0. The maximum absolute atomic E-state index is 11.5. The zero-order chi connectivity index (χ0) is 12.3. The summed E-state index contributed by atoms with van der Waals surface area (Å²) in [4.78, 5) is 16.4. The number of thiazole rings is 1. The van der Waals surface area contributed by atoms with Crippen molar-refractivity contribution in [1.82, 2.24) is 4.98 Å². The van der Waals surface area contributed by atoms with E-state index < -0.39 is 0 Å². The van der Waals surface area contributed by atoms with Gasteiger partial charge in [-0.3, -0.25) is 4.79 Å². The number of carbonyl (C=O) groups excluding carboxylic acids is 1. The van der Waals surface area contributed by atoms with E-state index in [1.807, 2.05) is 5.38 Å². The van der Waals surface area contributed by atoms with Crippen LogP contribution in [0.1, 0.15) is 22.8 Å². The van der Waals surface area contributed by atoms with Crippen molar-refractivity contribution in [3.8, 4) is 6.07 Å². The number of benzene rings is 1. The van der Waals surface area contributed by atoms with Gasteiger partial charge in [-0.1, -0.05) is 11.8 Å². The molecule has 5 heteroatoms. The van der Waals surface area contributed by atoms with Gasteiger partial charge < -0.3 is 0 Å². The summed E-state index contributed by atoms with van der Waals surface area (Å²) >= 11 is 2.92. The van der Waals surface area contributed by atoms with Crippen molar-refractivity contribution >= 4 is 28.9 Å². The molecule has 0 fully saturated rings. The summed E-state index contributed by atoms with van der Waals surface area (Å²) in [6, 6.07) is 7.14. The first kappa shape index (κ1) is 11.8. The molecule has 0 radical (unpaired) electrons. The number of nitriles is 1. The average molecular weight is 260 g/mol. The number of ketones is 1. The summed E-state index contributed by atoms with van der Waals surface area (Å²) in [6.07, 6.45) is 1.72. The lowest BCUT2D eigenvalue weighted by Gasteiger charge is -2.04. The molecular formula is C12H8N2OS2. The van der Waals surface area contributed by atoms with Crippen molar-refractivity contribution in [3.05, 3.63) is 40.9 Å². The summed E-state index contributed by atoms with van der Waals surface area (Å²) in [7, 11) is 0. The molecule has 1 aromatic heterocycles. The second-order valence-electron chi connectivity index (χ2n) is 3.28. The minimum Gasteiger partial charge on any atom is -0.294 e. The average Bonchev–Trinajstić information content (AvgIpc) is 2.81. The van der Waals surface area contributed by atoms with Crippen molar-refractivity contribution in [2.75, 3.05) is 0 Å². The summed E-state index contributed by atoms with van der Waals surface area (Å²) < 4.78 is 0.864. The van der Waals surface area contributed by atoms with E-state index in [1.54, 1.807) is 24.4 Å². The van der Waals surface area contributed by atoms with Gasteiger partial charge in [0.2, 0.25) is 0 Å². The Morgan fingerprint density at radius 3 is 2.94 bits per heavy atom. The van der Waals surface area contributed by atoms with E-state index in [0.717, 1.165) is 9.24 Å². The van der Waals surface area contributed by atoms with E-state index in [-0.39, 0.29) is 5.78 Å². The van der Waals surface area contributed by atoms with Gasteiger partial charge in [-0.05, 0) is 25.1 Å². The topological polar surface area (TPSA) is 53.8 Å². The fourth-order valence-electron chi connectivity index (χ4n) is 1.32. The Morgan fingerprint density at radius 2 is 2.35 bits per heavy atom. The van der Waals surface area contributed by atoms with E-state index in [9.17, 15) is 4.79 Å². The largest absolute Gasteiger partial charge is 0.294 e. The number of carbonyl (C=O) groups is 1. The first-order valence-electron chi connectivity index (χ1n) is 4.83. The first-order chi connectivity index (χ1) is 8.20. The number of rotatable bonds is 3. The second kappa shape index (κ2) is 5.13. The standard InChI is InChI=1S/C12H8N2OS2/c1-8(15)10-3-2-9(7-13)6-11(10)17-12-14-4-5-16-12/h2-6H,1H3. The molecule has 1 heterocycles. The Balaban J connectivity index is 2.42. The van der Waals surface area contributed by atoms with Gasteiger partial charge in [0, 0.05) is 22.0 Å². The van der Waals surface area contributed by atoms with Crippen LogP contribution in [0.25, 0.3) is 0 Å². The van der Waals surface area contributed by atoms with Crippen LogP contribution in [0.2, 0.25) is 0 Å². The molecule has 84 valence electrons. The fraction of sp³-hybridized carbons (Fsp3) is 0.0833. The van der Waals surface area contributed by atoms with Crippen LogP contribution in [0, 0.1) is 11.3 Å². The van der Waals surface area contributed by atoms with Crippen LogP contribution in [0.4, 0.5) is 0 Å². The smallest absolute Gasteiger partial charge is 0.160 e. The van der Waals surface area contributed by atoms with E-state index >= 15 is 0 Å². The molecule has 3 nitrogen and oxygen atoms in total. The molecule has 0 bridgehead atoms. The van der Waals surface area contributed by atoms with Crippen LogP contribution in [-0.4, -0.2) is 10.8 Å². The maximum Gasteiger partial charge on any atom is 0.160 e. The van der Waals surface area contributed by atoms with Crippen molar-refractivity contribution in [2.45, 2.75) is 16.2 Å². The molecule has 2 aromatic rings. The summed E-state index contributed by atoms with van der Waals surface area (Å²) in [5.41, 5.74) is 1.18. The third-order valence-electron chi connectivity index (χ3n) is 2.10. The molecular weight excluding hydrogens is 252 g/mol. The zero-order valence-corrected chi connectivity index (χ0v) is 10.6. The summed E-state index contributed by atoms with van der Waals surface area (Å²) in [5.74, 6) is -0.00598. The Kier molecular flexibility index (Phi) is 3.57.